The summed E-state index contributed by atoms with van der Waals surface area (Å²) >= 11 is 3.14. The second-order valence-electron chi connectivity index (χ2n) is 3.30. The molecule has 1 rings (SSSR count). The Labute approximate surface area is 95.6 Å². The van der Waals surface area contributed by atoms with Gasteiger partial charge in [-0.1, -0.05) is 34.1 Å². The highest BCUT2D eigenvalue weighted by Crippen LogP contribution is 2.26. The average molecular weight is 277 g/mol. The van der Waals surface area contributed by atoms with E-state index in [-0.39, 0.29) is 16.2 Å². The Balaban J connectivity index is 3.21. The van der Waals surface area contributed by atoms with E-state index in [9.17, 15) is 13.6 Å². The zero-order valence-electron chi connectivity index (χ0n) is 8.43. The van der Waals surface area contributed by atoms with Crippen LogP contribution in [0.25, 0.3) is 0 Å². The summed E-state index contributed by atoms with van der Waals surface area (Å²) in [6.07, 6.45) is -2.54. The normalized spacial score (nSPS) is 12.9. The van der Waals surface area contributed by atoms with E-state index >= 15 is 0 Å². The molecule has 0 spiro atoms. The molecule has 0 heterocycles. The molecular formula is C11H11BrF2O. The zero-order chi connectivity index (χ0) is 11.6. The molecular weight excluding hydrogens is 266 g/mol. The van der Waals surface area contributed by atoms with Gasteiger partial charge in [0, 0.05) is 11.1 Å². The van der Waals surface area contributed by atoms with Crippen LogP contribution in [0.15, 0.2) is 18.2 Å². The maximum absolute atomic E-state index is 12.5. The molecule has 0 bridgehead atoms. The number of halogens is 3. The number of hydrogen-bond donors (Lipinski definition) is 0. The Hall–Kier alpha value is -0.770. The highest BCUT2D eigenvalue weighted by Gasteiger charge is 2.18. The predicted molar refractivity (Wildman–Crippen MR) is 58.9 cm³/mol. The van der Waals surface area contributed by atoms with Crippen LogP contribution in [0.1, 0.15) is 34.8 Å². The molecule has 0 saturated heterocycles. The Morgan fingerprint density at radius 3 is 2.47 bits per heavy atom. The standard InChI is InChI=1S/C11H11BrF2O/c1-6-8(10(15)7(2)12)4-3-5-9(6)11(13)14/h3-5,7,11H,1-2H3. The van der Waals surface area contributed by atoms with Crippen LogP contribution in [0.2, 0.25) is 0 Å². The lowest BCUT2D eigenvalue weighted by molar-refractivity contribution is 0.0994. The van der Waals surface area contributed by atoms with Gasteiger partial charge in [-0.15, -0.1) is 0 Å². The van der Waals surface area contributed by atoms with Gasteiger partial charge in [0.25, 0.3) is 6.43 Å². The van der Waals surface area contributed by atoms with Gasteiger partial charge < -0.3 is 0 Å². The first-order chi connectivity index (χ1) is 6.95. The molecule has 4 heteroatoms. The molecule has 15 heavy (non-hydrogen) atoms. The van der Waals surface area contributed by atoms with Crippen molar-refractivity contribution < 1.29 is 13.6 Å². The van der Waals surface area contributed by atoms with Gasteiger partial charge in [-0.3, -0.25) is 4.79 Å². The minimum atomic E-state index is -2.54. The van der Waals surface area contributed by atoms with Crippen molar-refractivity contribution in [3.05, 3.63) is 34.9 Å². The number of Topliss-reactive ketones (excluding diaryl/α,β-unsaturated/α-hetero) is 1. The third kappa shape index (κ3) is 2.62. The van der Waals surface area contributed by atoms with Crippen LogP contribution in [-0.4, -0.2) is 10.6 Å². The fourth-order valence-corrected chi connectivity index (χ4v) is 1.62. The second-order valence-corrected chi connectivity index (χ2v) is 4.67. The molecule has 0 radical (unpaired) electrons. The summed E-state index contributed by atoms with van der Waals surface area (Å²) < 4.78 is 25.1. The zero-order valence-corrected chi connectivity index (χ0v) is 10.0. The van der Waals surface area contributed by atoms with Crippen LogP contribution >= 0.6 is 15.9 Å². The Morgan fingerprint density at radius 2 is 2.00 bits per heavy atom. The SMILES string of the molecule is Cc1c(C(=O)C(C)Br)cccc1C(F)F. The highest BCUT2D eigenvalue weighted by molar-refractivity contribution is 9.10. The van der Waals surface area contributed by atoms with Crippen molar-refractivity contribution in [1.29, 1.82) is 0 Å². The monoisotopic (exact) mass is 276 g/mol. The topological polar surface area (TPSA) is 17.1 Å². The lowest BCUT2D eigenvalue weighted by Crippen LogP contribution is -2.12. The molecule has 1 atom stereocenters. The summed E-state index contributed by atoms with van der Waals surface area (Å²) in [6.45, 7) is 3.22. The second kappa shape index (κ2) is 4.84. The molecule has 1 aromatic rings. The number of benzene rings is 1. The van der Waals surface area contributed by atoms with E-state index in [4.69, 9.17) is 0 Å². The Kier molecular flexibility index (Phi) is 3.97. The van der Waals surface area contributed by atoms with Crippen molar-refractivity contribution in [1.82, 2.24) is 0 Å². The van der Waals surface area contributed by atoms with Crippen LogP contribution < -0.4 is 0 Å². The molecule has 1 aromatic carbocycles. The molecule has 1 unspecified atom stereocenters. The average Bonchev–Trinajstić information content (AvgIpc) is 2.16. The van der Waals surface area contributed by atoms with Gasteiger partial charge in [0.2, 0.25) is 0 Å². The van der Waals surface area contributed by atoms with Gasteiger partial charge in [-0.05, 0) is 19.4 Å². The molecule has 82 valence electrons. The lowest BCUT2D eigenvalue weighted by Gasteiger charge is -2.10. The number of hydrogen-bond acceptors (Lipinski definition) is 1. The third-order valence-electron chi connectivity index (χ3n) is 2.24. The Bertz CT molecular complexity index is 375. The van der Waals surface area contributed by atoms with E-state index < -0.39 is 6.43 Å². The maximum atomic E-state index is 12.5. The van der Waals surface area contributed by atoms with Gasteiger partial charge >= 0.3 is 0 Å². The van der Waals surface area contributed by atoms with Crippen LogP contribution in [0.3, 0.4) is 0 Å². The molecule has 0 fully saturated rings. The van der Waals surface area contributed by atoms with Crippen LogP contribution in [0, 0.1) is 6.92 Å². The number of carbonyl (C=O) groups excluding carboxylic acids is 1. The van der Waals surface area contributed by atoms with Crippen molar-refractivity contribution >= 4 is 21.7 Å². The van der Waals surface area contributed by atoms with E-state index in [0.29, 0.717) is 11.1 Å². The number of ketones is 1. The molecule has 0 aliphatic heterocycles. The highest BCUT2D eigenvalue weighted by atomic mass is 79.9. The van der Waals surface area contributed by atoms with Crippen molar-refractivity contribution in [3.8, 4) is 0 Å². The Morgan fingerprint density at radius 1 is 1.40 bits per heavy atom. The molecule has 0 saturated carbocycles. The number of carbonyl (C=O) groups is 1. The van der Waals surface area contributed by atoms with E-state index in [1.165, 1.54) is 12.1 Å². The molecule has 0 amide bonds. The first-order valence-corrected chi connectivity index (χ1v) is 5.42. The summed E-state index contributed by atoms with van der Waals surface area (Å²) in [7, 11) is 0. The minimum Gasteiger partial charge on any atom is -0.293 e. The minimum absolute atomic E-state index is 0.0750. The fourth-order valence-electron chi connectivity index (χ4n) is 1.37. The molecule has 0 aromatic heterocycles. The number of rotatable bonds is 3. The summed E-state index contributed by atoms with van der Waals surface area (Å²) in [6, 6.07) is 4.40. The smallest absolute Gasteiger partial charge is 0.264 e. The van der Waals surface area contributed by atoms with Gasteiger partial charge in [0.15, 0.2) is 5.78 Å². The summed E-state index contributed by atoms with van der Waals surface area (Å²) in [5.74, 6) is -0.171. The van der Waals surface area contributed by atoms with E-state index in [2.05, 4.69) is 15.9 Å². The molecule has 1 nitrogen and oxygen atoms in total. The van der Waals surface area contributed by atoms with Crippen molar-refractivity contribution in [2.75, 3.05) is 0 Å². The number of alkyl halides is 3. The van der Waals surface area contributed by atoms with Gasteiger partial charge in [0.05, 0.1) is 4.83 Å². The quantitative estimate of drug-likeness (QED) is 0.605. The van der Waals surface area contributed by atoms with E-state index in [1.807, 2.05) is 0 Å². The van der Waals surface area contributed by atoms with Crippen molar-refractivity contribution in [2.24, 2.45) is 0 Å². The fraction of sp³-hybridized carbons (Fsp3) is 0.364. The van der Waals surface area contributed by atoms with Crippen LogP contribution in [-0.2, 0) is 0 Å². The van der Waals surface area contributed by atoms with Crippen LogP contribution in [0.5, 0.6) is 0 Å². The summed E-state index contributed by atoms with van der Waals surface area (Å²) in [4.78, 5) is 11.3. The lowest BCUT2D eigenvalue weighted by atomic mass is 9.98. The molecule has 0 aliphatic carbocycles. The summed E-state index contributed by atoms with van der Waals surface area (Å²) in [5.41, 5.74) is 0.648. The van der Waals surface area contributed by atoms with E-state index in [0.717, 1.165) is 0 Å². The van der Waals surface area contributed by atoms with Gasteiger partial charge in [-0.2, -0.15) is 0 Å². The van der Waals surface area contributed by atoms with Gasteiger partial charge in [0.1, 0.15) is 0 Å². The first-order valence-electron chi connectivity index (χ1n) is 4.51. The first kappa shape index (κ1) is 12.3. The molecule has 0 N–H and O–H groups in total. The third-order valence-corrected chi connectivity index (χ3v) is 2.65. The maximum Gasteiger partial charge on any atom is 0.264 e. The van der Waals surface area contributed by atoms with Gasteiger partial charge in [-0.25, -0.2) is 8.78 Å². The molecule has 0 aliphatic rings. The van der Waals surface area contributed by atoms with E-state index in [1.54, 1.807) is 19.9 Å². The summed E-state index contributed by atoms with van der Waals surface area (Å²) in [5, 5.41) is 0. The largest absolute Gasteiger partial charge is 0.293 e. The van der Waals surface area contributed by atoms with Crippen molar-refractivity contribution in [3.63, 3.8) is 0 Å². The predicted octanol–water partition coefficient (Wildman–Crippen LogP) is 3.90. The van der Waals surface area contributed by atoms with Crippen molar-refractivity contribution in [2.45, 2.75) is 25.1 Å². The van der Waals surface area contributed by atoms with Crippen LogP contribution in [0.4, 0.5) is 8.78 Å².